The minimum atomic E-state index is -0.393. The van der Waals surface area contributed by atoms with Crippen molar-refractivity contribution in [1.82, 2.24) is 21.1 Å². The maximum absolute atomic E-state index is 11.7. The summed E-state index contributed by atoms with van der Waals surface area (Å²) >= 11 is 0. The van der Waals surface area contributed by atoms with Gasteiger partial charge in [0.25, 0.3) is 11.8 Å². The Morgan fingerprint density at radius 3 is 2.27 bits per heavy atom. The number of amides is 3. The molecule has 0 saturated heterocycles. The molecule has 0 saturated carbocycles. The number of nitrogens with one attached hydrogen (secondary N) is 3. The van der Waals surface area contributed by atoms with Crippen molar-refractivity contribution >= 4 is 17.7 Å². The van der Waals surface area contributed by atoms with Crippen LogP contribution in [0.15, 0.2) is 30.3 Å². The molecule has 0 atom stereocenters. The smallest absolute Gasteiger partial charge is 0.269 e. The van der Waals surface area contributed by atoms with Crippen LogP contribution in [0, 0.1) is 0 Å². The van der Waals surface area contributed by atoms with Crippen molar-refractivity contribution in [2.24, 2.45) is 0 Å². The van der Waals surface area contributed by atoms with Gasteiger partial charge in [0, 0.05) is 12.1 Å². The molecule has 1 aromatic carbocycles. The molecule has 120 valence electrons. The van der Waals surface area contributed by atoms with Crippen LogP contribution >= 0.6 is 0 Å². The first-order valence-corrected chi connectivity index (χ1v) is 7.12. The van der Waals surface area contributed by atoms with E-state index in [0.29, 0.717) is 12.1 Å². The standard InChI is InChI=1S/C15H22N4O3/c1-3-9-16-13(20)10-19(2)11-14(21)17-18-15(22)12-7-5-4-6-8-12/h4-8H,3,9-11H2,1-2H3,(H,16,20)(H,17,21)(H,18,22). The molecule has 3 N–H and O–H groups in total. The topological polar surface area (TPSA) is 90.5 Å². The summed E-state index contributed by atoms with van der Waals surface area (Å²) in [5, 5.41) is 2.73. The minimum absolute atomic E-state index is 0.00855. The number of benzene rings is 1. The van der Waals surface area contributed by atoms with Crippen molar-refractivity contribution in [3.8, 4) is 0 Å². The van der Waals surface area contributed by atoms with Crippen LogP contribution in [-0.4, -0.2) is 49.3 Å². The van der Waals surface area contributed by atoms with Gasteiger partial charge in [-0.05, 0) is 25.6 Å². The lowest BCUT2D eigenvalue weighted by Gasteiger charge is -2.16. The highest BCUT2D eigenvalue weighted by molar-refractivity contribution is 5.95. The second-order valence-corrected chi connectivity index (χ2v) is 4.89. The van der Waals surface area contributed by atoms with Crippen LogP contribution in [0.5, 0.6) is 0 Å². The molecule has 0 unspecified atom stereocenters. The Bertz CT molecular complexity index is 505. The van der Waals surface area contributed by atoms with Gasteiger partial charge >= 0.3 is 0 Å². The number of hydrazine groups is 1. The van der Waals surface area contributed by atoms with Gasteiger partial charge in [-0.2, -0.15) is 0 Å². The van der Waals surface area contributed by atoms with Crippen molar-refractivity contribution in [3.63, 3.8) is 0 Å². The Kier molecular flexibility index (Phi) is 7.63. The van der Waals surface area contributed by atoms with Gasteiger partial charge in [-0.25, -0.2) is 0 Å². The van der Waals surface area contributed by atoms with Crippen LogP contribution in [0.4, 0.5) is 0 Å². The molecule has 0 fully saturated rings. The summed E-state index contributed by atoms with van der Waals surface area (Å²) in [6, 6.07) is 8.56. The number of hydrogen-bond donors (Lipinski definition) is 3. The number of carbonyl (C=O) groups is 3. The number of rotatable bonds is 7. The molecule has 3 amide bonds. The summed E-state index contributed by atoms with van der Waals surface area (Å²) in [7, 11) is 1.66. The van der Waals surface area contributed by atoms with Crippen molar-refractivity contribution in [2.45, 2.75) is 13.3 Å². The molecule has 22 heavy (non-hydrogen) atoms. The second-order valence-electron chi connectivity index (χ2n) is 4.89. The highest BCUT2D eigenvalue weighted by Crippen LogP contribution is 1.96. The van der Waals surface area contributed by atoms with Gasteiger partial charge < -0.3 is 5.32 Å². The van der Waals surface area contributed by atoms with Gasteiger partial charge in [-0.1, -0.05) is 25.1 Å². The maximum atomic E-state index is 11.7. The third kappa shape index (κ3) is 6.85. The SMILES string of the molecule is CCCNC(=O)CN(C)CC(=O)NNC(=O)c1ccccc1. The van der Waals surface area contributed by atoms with E-state index in [1.807, 2.05) is 6.92 Å². The van der Waals surface area contributed by atoms with E-state index in [9.17, 15) is 14.4 Å². The maximum Gasteiger partial charge on any atom is 0.269 e. The molecule has 7 nitrogen and oxygen atoms in total. The van der Waals surface area contributed by atoms with Crippen LogP contribution in [0.3, 0.4) is 0 Å². The minimum Gasteiger partial charge on any atom is -0.355 e. The summed E-state index contributed by atoms with van der Waals surface area (Å²) in [6.07, 6.45) is 0.863. The van der Waals surface area contributed by atoms with Crippen LogP contribution in [0.1, 0.15) is 23.7 Å². The lowest BCUT2D eigenvalue weighted by molar-refractivity contribution is -0.125. The first kappa shape index (κ1) is 17.6. The summed E-state index contributed by atoms with van der Waals surface area (Å²) in [5.41, 5.74) is 5.10. The molecular weight excluding hydrogens is 284 g/mol. The van der Waals surface area contributed by atoms with Crippen LogP contribution in [0.25, 0.3) is 0 Å². The molecule has 1 rings (SSSR count). The summed E-state index contributed by atoms with van der Waals surface area (Å²) in [6.45, 7) is 2.72. The summed E-state index contributed by atoms with van der Waals surface area (Å²) < 4.78 is 0. The monoisotopic (exact) mass is 306 g/mol. The largest absolute Gasteiger partial charge is 0.355 e. The number of likely N-dealkylation sites (N-methyl/N-ethyl adjacent to an activating group) is 1. The predicted molar refractivity (Wildman–Crippen MR) is 82.8 cm³/mol. The van der Waals surface area contributed by atoms with E-state index in [0.717, 1.165) is 6.42 Å². The molecule has 1 aromatic rings. The fraction of sp³-hybridized carbons (Fsp3) is 0.400. The Balaban J connectivity index is 2.28. The van der Waals surface area contributed by atoms with E-state index in [-0.39, 0.29) is 19.0 Å². The first-order valence-electron chi connectivity index (χ1n) is 7.12. The molecule has 0 aliphatic heterocycles. The van der Waals surface area contributed by atoms with E-state index < -0.39 is 11.8 Å². The van der Waals surface area contributed by atoms with E-state index in [1.54, 1.807) is 42.3 Å². The Labute approximate surface area is 130 Å². The van der Waals surface area contributed by atoms with Crippen molar-refractivity contribution in [2.75, 3.05) is 26.7 Å². The quantitative estimate of drug-likeness (QED) is 0.614. The van der Waals surface area contributed by atoms with Gasteiger partial charge in [0.05, 0.1) is 13.1 Å². The molecule has 0 aromatic heterocycles. The Morgan fingerprint density at radius 2 is 1.64 bits per heavy atom. The first-order chi connectivity index (χ1) is 10.5. The third-order valence-corrected chi connectivity index (χ3v) is 2.75. The van der Waals surface area contributed by atoms with E-state index >= 15 is 0 Å². The molecule has 0 aliphatic carbocycles. The molecule has 0 bridgehead atoms. The highest BCUT2D eigenvalue weighted by atomic mass is 16.2. The van der Waals surface area contributed by atoms with Crippen molar-refractivity contribution in [3.05, 3.63) is 35.9 Å². The predicted octanol–water partition coefficient (Wildman–Crippen LogP) is -0.0944. The van der Waals surface area contributed by atoms with Gasteiger partial charge in [-0.3, -0.25) is 30.1 Å². The molecule has 0 radical (unpaired) electrons. The van der Waals surface area contributed by atoms with E-state index in [2.05, 4.69) is 16.2 Å². The van der Waals surface area contributed by atoms with Crippen LogP contribution in [-0.2, 0) is 9.59 Å². The normalized spacial score (nSPS) is 10.1. The molecule has 0 heterocycles. The van der Waals surface area contributed by atoms with Gasteiger partial charge in [0.15, 0.2) is 0 Å². The van der Waals surface area contributed by atoms with E-state index in [4.69, 9.17) is 0 Å². The Hall–Kier alpha value is -2.41. The van der Waals surface area contributed by atoms with Gasteiger partial charge in [0.1, 0.15) is 0 Å². The molecule has 0 aliphatic rings. The lowest BCUT2D eigenvalue weighted by atomic mass is 10.2. The Morgan fingerprint density at radius 1 is 1.00 bits per heavy atom. The summed E-state index contributed by atoms with van der Waals surface area (Å²) in [4.78, 5) is 36.5. The molecule has 0 spiro atoms. The fourth-order valence-electron chi connectivity index (χ4n) is 1.69. The highest BCUT2D eigenvalue weighted by Gasteiger charge is 2.11. The second kappa shape index (κ2) is 9.51. The number of hydrogen-bond acceptors (Lipinski definition) is 4. The van der Waals surface area contributed by atoms with Gasteiger partial charge in [-0.15, -0.1) is 0 Å². The van der Waals surface area contributed by atoms with Crippen molar-refractivity contribution in [1.29, 1.82) is 0 Å². The number of carbonyl (C=O) groups excluding carboxylic acids is 3. The zero-order valence-corrected chi connectivity index (χ0v) is 12.9. The zero-order valence-electron chi connectivity index (χ0n) is 12.9. The molecular formula is C15H22N4O3. The summed E-state index contributed by atoms with van der Waals surface area (Å²) in [5.74, 6) is -0.919. The third-order valence-electron chi connectivity index (χ3n) is 2.75. The number of nitrogens with zero attached hydrogens (tertiary/aromatic N) is 1. The van der Waals surface area contributed by atoms with Crippen molar-refractivity contribution < 1.29 is 14.4 Å². The lowest BCUT2D eigenvalue weighted by Crippen LogP contribution is -2.47. The van der Waals surface area contributed by atoms with Crippen LogP contribution < -0.4 is 16.2 Å². The zero-order chi connectivity index (χ0) is 16.4. The molecule has 7 heteroatoms. The average molecular weight is 306 g/mol. The van der Waals surface area contributed by atoms with E-state index in [1.165, 1.54) is 0 Å². The average Bonchev–Trinajstić information content (AvgIpc) is 2.51. The van der Waals surface area contributed by atoms with Gasteiger partial charge in [0.2, 0.25) is 5.91 Å². The fourth-order valence-corrected chi connectivity index (χ4v) is 1.69. The van der Waals surface area contributed by atoms with Crippen LogP contribution in [0.2, 0.25) is 0 Å².